The van der Waals surface area contributed by atoms with Gasteiger partial charge in [-0.05, 0) is 50.0 Å². The summed E-state index contributed by atoms with van der Waals surface area (Å²) in [7, 11) is 0. The van der Waals surface area contributed by atoms with E-state index in [-0.39, 0.29) is 0 Å². The smallest absolute Gasteiger partial charge is 0.00981 e. The van der Waals surface area contributed by atoms with Gasteiger partial charge in [-0.1, -0.05) is 12.8 Å². The monoisotopic (exact) mass is 165 g/mol. The molecule has 0 aromatic heterocycles. The third kappa shape index (κ3) is 1.19. The van der Waals surface area contributed by atoms with Crippen molar-refractivity contribution in [3.63, 3.8) is 0 Å². The van der Waals surface area contributed by atoms with Gasteiger partial charge >= 0.3 is 0 Å². The molecule has 1 N–H and O–H groups in total. The van der Waals surface area contributed by atoms with E-state index in [1.54, 1.807) is 0 Å². The molecule has 1 heteroatoms. The molecule has 1 nitrogen and oxygen atoms in total. The predicted molar refractivity (Wildman–Crippen MR) is 50.0 cm³/mol. The van der Waals surface area contributed by atoms with E-state index < -0.39 is 0 Å². The van der Waals surface area contributed by atoms with Crippen LogP contribution < -0.4 is 5.32 Å². The molecule has 68 valence electrons. The van der Waals surface area contributed by atoms with Crippen molar-refractivity contribution in [3.8, 4) is 0 Å². The minimum atomic E-state index is 0.913. The molecule has 3 aliphatic rings. The van der Waals surface area contributed by atoms with Gasteiger partial charge in [-0.15, -0.1) is 0 Å². The second-order valence-electron chi connectivity index (χ2n) is 5.05. The molecule has 3 fully saturated rings. The molecule has 3 rings (SSSR count). The van der Waals surface area contributed by atoms with Gasteiger partial charge in [0.1, 0.15) is 0 Å². The van der Waals surface area contributed by atoms with Gasteiger partial charge in [0.15, 0.2) is 0 Å². The quantitative estimate of drug-likeness (QED) is 0.628. The van der Waals surface area contributed by atoms with Crippen LogP contribution in [0.3, 0.4) is 0 Å². The Morgan fingerprint density at radius 3 is 2.42 bits per heavy atom. The number of piperidine rings is 1. The molecule has 1 saturated heterocycles. The van der Waals surface area contributed by atoms with Gasteiger partial charge in [0.25, 0.3) is 0 Å². The number of rotatable bonds is 1. The van der Waals surface area contributed by atoms with Crippen LogP contribution in [0.5, 0.6) is 0 Å². The third-order valence-corrected chi connectivity index (χ3v) is 4.24. The standard InChI is InChI=1S/C11H19N/c1-2-4-8(3-1)11-6-9-5-10(9)7-12-11/h8-12H,1-7H2. The van der Waals surface area contributed by atoms with E-state index in [0.29, 0.717) is 0 Å². The van der Waals surface area contributed by atoms with Gasteiger partial charge in [-0.3, -0.25) is 0 Å². The lowest BCUT2D eigenvalue weighted by atomic mass is 9.91. The first-order valence-corrected chi connectivity index (χ1v) is 5.67. The summed E-state index contributed by atoms with van der Waals surface area (Å²) in [5.74, 6) is 3.27. The highest BCUT2D eigenvalue weighted by molar-refractivity contribution is 4.98. The maximum atomic E-state index is 3.75. The van der Waals surface area contributed by atoms with E-state index in [0.717, 1.165) is 23.8 Å². The van der Waals surface area contributed by atoms with Crippen LogP contribution in [0.25, 0.3) is 0 Å². The average Bonchev–Trinajstić information content (AvgIpc) is 2.66. The SMILES string of the molecule is C1CCC(C2CC3CC3CN2)C1. The second-order valence-corrected chi connectivity index (χ2v) is 5.05. The molecule has 1 aliphatic heterocycles. The molecule has 1 heterocycles. The molecular weight excluding hydrogens is 146 g/mol. The van der Waals surface area contributed by atoms with Gasteiger partial charge in [-0.2, -0.15) is 0 Å². The van der Waals surface area contributed by atoms with Crippen LogP contribution in [0, 0.1) is 17.8 Å². The summed E-state index contributed by atoms with van der Waals surface area (Å²) < 4.78 is 0. The molecule has 0 spiro atoms. The molecule has 0 aromatic rings. The maximum absolute atomic E-state index is 3.75. The molecule has 12 heavy (non-hydrogen) atoms. The molecule has 3 atom stereocenters. The summed E-state index contributed by atoms with van der Waals surface area (Å²) in [5, 5.41) is 3.75. The van der Waals surface area contributed by atoms with Crippen molar-refractivity contribution < 1.29 is 0 Å². The lowest BCUT2D eigenvalue weighted by Crippen LogP contribution is -2.40. The number of hydrogen-bond donors (Lipinski definition) is 1. The third-order valence-electron chi connectivity index (χ3n) is 4.24. The minimum Gasteiger partial charge on any atom is -0.313 e. The molecular formula is C11H19N. The van der Waals surface area contributed by atoms with Gasteiger partial charge in [0.2, 0.25) is 0 Å². The highest BCUT2D eigenvalue weighted by Gasteiger charge is 2.43. The zero-order chi connectivity index (χ0) is 7.97. The van der Waals surface area contributed by atoms with E-state index in [2.05, 4.69) is 5.32 Å². The number of fused-ring (bicyclic) bond motifs is 1. The average molecular weight is 165 g/mol. The van der Waals surface area contributed by atoms with Crippen molar-refractivity contribution >= 4 is 0 Å². The normalized spacial score (nSPS) is 47.5. The molecule has 2 aliphatic carbocycles. The van der Waals surface area contributed by atoms with Crippen LogP contribution >= 0.6 is 0 Å². The van der Waals surface area contributed by atoms with Crippen LogP contribution in [0.15, 0.2) is 0 Å². The second kappa shape index (κ2) is 2.73. The molecule has 0 bridgehead atoms. The molecule has 2 saturated carbocycles. The van der Waals surface area contributed by atoms with Crippen molar-refractivity contribution in [2.45, 2.75) is 44.6 Å². The Bertz CT molecular complexity index is 172. The lowest BCUT2D eigenvalue weighted by Gasteiger charge is -2.28. The molecule has 0 aromatic carbocycles. The summed E-state index contributed by atoms with van der Waals surface area (Å²) in [6, 6.07) is 0.913. The van der Waals surface area contributed by atoms with Crippen molar-refractivity contribution in [2.75, 3.05) is 6.54 Å². The van der Waals surface area contributed by atoms with Crippen LogP contribution in [0.2, 0.25) is 0 Å². The predicted octanol–water partition coefficient (Wildman–Crippen LogP) is 2.17. The first kappa shape index (κ1) is 7.37. The largest absolute Gasteiger partial charge is 0.313 e. The summed E-state index contributed by atoms with van der Waals surface area (Å²) in [6.45, 7) is 1.34. The van der Waals surface area contributed by atoms with Crippen LogP contribution in [0.1, 0.15) is 38.5 Å². The van der Waals surface area contributed by atoms with Crippen molar-refractivity contribution in [1.82, 2.24) is 5.32 Å². The van der Waals surface area contributed by atoms with Gasteiger partial charge in [-0.25, -0.2) is 0 Å². The number of nitrogens with one attached hydrogen (secondary N) is 1. The van der Waals surface area contributed by atoms with Crippen LogP contribution in [-0.4, -0.2) is 12.6 Å². The van der Waals surface area contributed by atoms with E-state index in [4.69, 9.17) is 0 Å². The van der Waals surface area contributed by atoms with Gasteiger partial charge in [0, 0.05) is 6.04 Å². The Morgan fingerprint density at radius 1 is 0.833 bits per heavy atom. The Morgan fingerprint density at radius 2 is 1.67 bits per heavy atom. The summed E-state index contributed by atoms with van der Waals surface area (Å²) in [4.78, 5) is 0. The van der Waals surface area contributed by atoms with Gasteiger partial charge < -0.3 is 5.32 Å². The van der Waals surface area contributed by atoms with E-state index in [9.17, 15) is 0 Å². The van der Waals surface area contributed by atoms with E-state index in [1.807, 2.05) is 0 Å². The highest BCUT2D eigenvalue weighted by Crippen LogP contribution is 2.46. The fourth-order valence-corrected chi connectivity index (χ4v) is 3.28. The van der Waals surface area contributed by atoms with Crippen molar-refractivity contribution in [3.05, 3.63) is 0 Å². The van der Waals surface area contributed by atoms with Crippen LogP contribution in [0.4, 0.5) is 0 Å². The highest BCUT2D eigenvalue weighted by atomic mass is 15.0. The summed E-state index contributed by atoms with van der Waals surface area (Å²) in [6.07, 6.45) is 9.06. The maximum Gasteiger partial charge on any atom is 0.00981 e. The molecule has 0 amide bonds. The van der Waals surface area contributed by atoms with Crippen molar-refractivity contribution in [2.24, 2.45) is 17.8 Å². The molecule has 3 unspecified atom stereocenters. The van der Waals surface area contributed by atoms with Crippen LogP contribution in [-0.2, 0) is 0 Å². The number of hydrogen-bond acceptors (Lipinski definition) is 1. The topological polar surface area (TPSA) is 12.0 Å². The fourth-order valence-electron chi connectivity index (χ4n) is 3.28. The summed E-state index contributed by atoms with van der Waals surface area (Å²) >= 11 is 0. The first-order chi connectivity index (χ1) is 5.93. The van der Waals surface area contributed by atoms with E-state index >= 15 is 0 Å². The zero-order valence-electron chi connectivity index (χ0n) is 7.76. The van der Waals surface area contributed by atoms with E-state index in [1.165, 1.54) is 45.1 Å². The zero-order valence-corrected chi connectivity index (χ0v) is 7.76. The molecule has 0 radical (unpaired) electrons. The lowest BCUT2D eigenvalue weighted by molar-refractivity contribution is 0.289. The Labute approximate surface area is 74.9 Å². The Kier molecular flexibility index (Phi) is 1.68. The Hall–Kier alpha value is -0.0400. The minimum absolute atomic E-state index is 0.913. The Balaban J connectivity index is 1.60. The summed E-state index contributed by atoms with van der Waals surface area (Å²) in [5.41, 5.74) is 0. The fraction of sp³-hybridized carbons (Fsp3) is 1.00. The first-order valence-electron chi connectivity index (χ1n) is 5.67. The van der Waals surface area contributed by atoms with Gasteiger partial charge in [0.05, 0.1) is 0 Å². The van der Waals surface area contributed by atoms with Crippen molar-refractivity contribution in [1.29, 1.82) is 0 Å².